The Morgan fingerprint density at radius 1 is 0.913 bits per heavy atom. The predicted molar refractivity (Wildman–Crippen MR) is 87.9 cm³/mol. The summed E-state index contributed by atoms with van der Waals surface area (Å²) < 4.78 is 5.93. The summed E-state index contributed by atoms with van der Waals surface area (Å²) in [6.07, 6.45) is 0. The zero-order valence-corrected chi connectivity index (χ0v) is 13.7. The molecule has 5 heteroatoms. The van der Waals surface area contributed by atoms with Gasteiger partial charge in [0.2, 0.25) is 5.78 Å². The van der Waals surface area contributed by atoms with Crippen LogP contribution in [0.4, 0.5) is 0 Å². The highest BCUT2D eigenvalue weighted by atomic mass is 79.9. The van der Waals surface area contributed by atoms with Gasteiger partial charge >= 0.3 is 5.97 Å². The van der Waals surface area contributed by atoms with Crippen molar-refractivity contribution in [2.24, 2.45) is 0 Å². The third-order valence-electron chi connectivity index (χ3n) is 3.46. The maximum Gasteiger partial charge on any atom is 0.308 e. The number of hydrogen-bond acceptors (Lipinski definition) is 4. The fourth-order valence-electron chi connectivity index (χ4n) is 2.47. The minimum Gasteiger partial charge on any atom is -0.422 e. The first-order valence-corrected chi connectivity index (χ1v) is 7.65. The van der Waals surface area contributed by atoms with Gasteiger partial charge in [0.05, 0.1) is 5.57 Å². The summed E-state index contributed by atoms with van der Waals surface area (Å²) in [4.78, 5) is 36.9. The molecular formula is C18H11BrO4. The molecule has 0 heterocycles. The first-order valence-electron chi connectivity index (χ1n) is 6.86. The third-order valence-corrected chi connectivity index (χ3v) is 3.98. The molecule has 3 rings (SSSR count). The lowest BCUT2D eigenvalue weighted by atomic mass is 9.85. The summed E-state index contributed by atoms with van der Waals surface area (Å²) >= 11 is 3.32. The second-order valence-corrected chi connectivity index (χ2v) is 5.92. The number of Topliss-reactive ketones (excluding diaryl/α,β-unsaturated/α-hetero) is 2. The van der Waals surface area contributed by atoms with Crippen molar-refractivity contribution in [3.05, 3.63) is 75.5 Å². The fourth-order valence-corrected chi connectivity index (χ4v) is 2.74. The van der Waals surface area contributed by atoms with Gasteiger partial charge in [-0.2, -0.15) is 0 Å². The molecule has 0 saturated heterocycles. The van der Waals surface area contributed by atoms with E-state index in [0.717, 1.165) is 4.47 Å². The van der Waals surface area contributed by atoms with Crippen LogP contribution in [0.1, 0.15) is 33.2 Å². The molecule has 0 atom stereocenters. The summed E-state index contributed by atoms with van der Waals surface area (Å²) in [5, 5.41) is 0. The summed E-state index contributed by atoms with van der Waals surface area (Å²) in [6.45, 7) is 1.20. The number of rotatable bonds is 2. The van der Waals surface area contributed by atoms with Gasteiger partial charge in [0, 0.05) is 22.5 Å². The van der Waals surface area contributed by atoms with Gasteiger partial charge in [0.1, 0.15) is 0 Å². The van der Waals surface area contributed by atoms with Gasteiger partial charge in [-0.15, -0.1) is 0 Å². The Bertz CT molecular complexity index is 863. The zero-order chi connectivity index (χ0) is 16.6. The van der Waals surface area contributed by atoms with Crippen LogP contribution in [-0.4, -0.2) is 17.5 Å². The highest BCUT2D eigenvalue weighted by Gasteiger charge is 2.34. The zero-order valence-electron chi connectivity index (χ0n) is 12.1. The number of esters is 1. The summed E-state index contributed by atoms with van der Waals surface area (Å²) in [5.74, 6) is -1.66. The average molecular weight is 371 g/mol. The molecule has 0 spiro atoms. The van der Waals surface area contributed by atoms with Crippen LogP contribution >= 0.6 is 15.9 Å². The Balaban J connectivity index is 2.25. The van der Waals surface area contributed by atoms with E-state index >= 15 is 0 Å². The van der Waals surface area contributed by atoms with Gasteiger partial charge < -0.3 is 4.74 Å². The maximum absolute atomic E-state index is 12.8. The summed E-state index contributed by atoms with van der Waals surface area (Å²) in [5.41, 5.74) is 1.19. The maximum atomic E-state index is 12.8. The molecular weight excluding hydrogens is 360 g/mol. The molecule has 1 aliphatic rings. The Hall–Kier alpha value is -2.53. The van der Waals surface area contributed by atoms with E-state index in [2.05, 4.69) is 15.9 Å². The van der Waals surface area contributed by atoms with Crippen LogP contribution in [0.25, 0.3) is 5.57 Å². The van der Waals surface area contributed by atoms with Gasteiger partial charge in [0.25, 0.3) is 0 Å². The largest absolute Gasteiger partial charge is 0.422 e. The Morgan fingerprint density at radius 2 is 1.48 bits per heavy atom. The number of ether oxygens (including phenoxy) is 1. The fraction of sp³-hybridized carbons (Fsp3) is 0.0556. The molecule has 0 aromatic heterocycles. The molecule has 114 valence electrons. The number of carbonyl (C=O) groups is 3. The van der Waals surface area contributed by atoms with E-state index in [9.17, 15) is 14.4 Å². The van der Waals surface area contributed by atoms with E-state index in [1.54, 1.807) is 48.5 Å². The van der Waals surface area contributed by atoms with E-state index in [1.807, 2.05) is 0 Å². The molecule has 0 saturated carbocycles. The van der Waals surface area contributed by atoms with Crippen LogP contribution in [0.15, 0.2) is 58.8 Å². The molecule has 0 bridgehead atoms. The minimum absolute atomic E-state index is 0.108. The molecule has 0 unspecified atom stereocenters. The molecule has 2 aromatic rings. The number of carbonyl (C=O) groups excluding carboxylic acids is 3. The van der Waals surface area contributed by atoms with Crippen molar-refractivity contribution in [2.45, 2.75) is 6.92 Å². The summed E-state index contributed by atoms with van der Waals surface area (Å²) in [7, 11) is 0. The predicted octanol–water partition coefficient (Wildman–Crippen LogP) is 3.80. The van der Waals surface area contributed by atoms with E-state index in [4.69, 9.17) is 4.74 Å². The van der Waals surface area contributed by atoms with Gasteiger partial charge in [-0.25, -0.2) is 0 Å². The number of ketones is 2. The molecule has 4 nitrogen and oxygen atoms in total. The van der Waals surface area contributed by atoms with Gasteiger partial charge in [-0.1, -0.05) is 52.3 Å². The van der Waals surface area contributed by atoms with Crippen molar-refractivity contribution in [1.82, 2.24) is 0 Å². The van der Waals surface area contributed by atoms with Crippen molar-refractivity contribution in [1.29, 1.82) is 0 Å². The minimum atomic E-state index is -0.643. The molecule has 0 N–H and O–H groups in total. The number of halogens is 1. The number of fused-ring (bicyclic) bond motifs is 1. The normalized spacial score (nSPS) is 13.8. The van der Waals surface area contributed by atoms with E-state index in [0.29, 0.717) is 11.1 Å². The van der Waals surface area contributed by atoms with Crippen LogP contribution in [0.2, 0.25) is 0 Å². The monoisotopic (exact) mass is 370 g/mol. The Morgan fingerprint density at radius 3 is 2.04 bits per heavy atom. The molecule has 0 amide bonds. The standard InChI is InChI=1S/C18H11BrO4/c1-10(20)23-18-15(11-6-8-12(19)9-7-11)16(21)13-4-2-3-5-14(13)17(18)22/h2-9H,1H3. The lowest BCUT2D eigenvalue weighted by Crippen LogP contribution is -2.24. The first kappa shape index (κ1) is 15.4. The molecule has 2 aromatic carbocycles. The lowest BCUT2D eigenvalue weighted by molar-refractivity contribution is -0.136. The van der Waals surface area contributed by atoms with Crippen molar-refractivity contribution < 1.29 is 19.1 Å². The summed E-state index contributed by atoms with van der Waals surface area (Å²) in [6, 6.07) is 13.4. The van der Waals surface area contributed by atoms with Crippen LogP contribution < -0.4 is 0 Å². The average Bonchev–Trinajstić information content (AvgIpc) is 2.54. The van der Waals surface area contributed by atoms with Gasteiger partial charge in [-0.05, 0) is 17.7 Å². The molecule has 0 aliphatic heterocycles. The molecule has 1 aliphatic carbocycles. The molecule has 0 radical (unpaired) electrons. The Labute approximate surface area is 140 Å². The van der Waals surface area contributed by atoms with Crippen LogP contribution in [0.5, 0.6) is 0 Å². The van der Waals surface area contributed by atoms with Crippen LogP contribution in [0.3, 0.4) is 0 Å². The quantitative estimate of drug-likeness (QED) is 0.754. The third kappa shape index (κ3) is 2.75. The highest BCUT2D eigenvalue weighted by molar-refractivity contribution is 9.10. The number of allylic oxidation sites excluding steroid dienone is 2. The smallest absolute Gasteiger partial charge is 0.308 e. The van der Waals surface area contributed by atoms with Crippen molar-refractivity contribution in [2.75, 3.05) is 0 Å². The van der Waals surface area contributed by atoms with Gasteiger partial charge in [0.15, 0.2) is 11.5 Å². The second-order valence-electron chi connectivity index (χ2n) is 5.01. The van der Waals surface area contributed by atoms with E-state index in [-0.39, 0.29) is 22.7 Å². The van der Waals surface area contributed by atoms with E-state index < -0.39 is 11.8 Å². The molecule has 0 fully saturated rings. The second kappa shape index (κ2) is 5.93. The van der Waals surface area contributed by atoms with Crippen LogP contribution in [-0.2, 0) is 9.53 Å². The van der Waals surface area contributed by atoms with Crippen LogP contribution in [0, 0.1) is 0 Å². The van der Waals surface area contributed by atoms with Crippen molar-refractivity contribution >= 4 is 39.0 Å². The van der Waals surface area contributed by atoms with Gasteiger partial charge in [-0.3, -0.25) is 14.4 Å². The number of benzene rings is 2. The topological polar surface area (TPSA) is 60.4 Å². The van der Waals surface area contributed by atoms with Crippen molar-refractivity contribution in [3.8, 4) is 0 Å². The Kier molecular flexibility index (Phi) is 3.96. The lowest BCUT2D eigenvalue weighted by Gasteiger charge is -2.20. The SMILES string of the molecule is CC(=O)OC1=C(c2ccc(Br)cc2)C(=O)c2ccccc2C1=O. The molecule has 23 heavy (non-hydrogen) atoms. The van der Waals surface area contributed by atoms with E-state index in [1.165, 1.54) is 6.92 Å². The first-order chi connectivity index (χ1) is 11.0. The number of hydrogen-bond donors (Lipinski definition) is 0. The highest BCUT2D eigenvalue weighted by Crippen LogP contribution is 2.33. The van der Waals surface area contributed by atoms with Crippen molar-refractivity contribution in [3.63, 3.8) is 0 Å².